The molecule has 1 aromatic carbocycles. The molecule has 16 heavy (non-hydrogen) atoms. The maximum Gasteiger partial charge on any atom is 0.130 e. The van der Waals surface area contributed by atoms with E-state index in [1.165, 1.54) is 12.1 Å². The van der Waals surface area contributed by atoms with Crippen molar-refractivity contribution < 1.29 is 13.5 Å². The zero-order valence-electron chi connectivity index (χ0n) is 8.20. The lowest BCUT2D eigenvalue weighted by Crippen LogP contribution is -1.89. The summed E-state index contributed by atoms with van der Waals surface area (Å²) in [6.07, 6.45) is 3.24. The average molecular weight is 234 g/mol. The predicted octanol–water partition coefficient (Wildman–Crippen LogP) is 2.11. The molecule has 0 N–H and O–H groups in total. The van der Waals surface area contributed by atoms with Gasteiger partial charge in [-0.15, -0.1) is 0 Å². The first kappa shape index (κ1) is 10.8. The molecule has 2 aromatic rings. The van der Waals surface area contributed by atoms with Crippen LogP contribution in [-0.2, 0) is 11.1 Å². The summed E-state index contributed by atoms with van der Waals surface area (Å²) in [7, 11) is 0. The second-order valence-corrected chi connectivity index (χ2v) is 3.93. The van der Waals surface area contributed by atoms with Gasteiger partial charge >= 0.3 is 0 Å². The molecular weight excluding hydrogens is 226 g/mol. The molecule has 1 aromatic heterocycles. The van der Waals surface area contributed by atoms with E-state index in [0.717, 1.165) is 0 Å². The smallest absolute Gasteiger partial charge is 0.130 e. The molecule has 0 saturated carbocycles. The Kier molecular flexibility index (Phi) is 3.28. The molecular formula is C11H8NO3S-. The summed E-state index contributed by atoms with van der Waals surface area (Å²) in [5.41, 5.74) is 0. The Labute approximate surface area is 95.2 Å². The van der Waals surface area contributed by atoms with Gasteiger partial charge in [0, 0.05) is 17.3 Å². The lowest BCUT2D eigenvalue weighted by atomic mass is 10.3. The van der Waals surface area contributed by atoms with Crippen molar-refractivity contribution in [3.8, 4) is 11.5 Å². The van der Waals surface area contributed by atoms with Crippen molar-refractivity contribution in [3.63, 3.8) is 0 Å². The van der Waals surface area contributed by atoms with Crippen molar-refractivity contribution in [1.82, 2.24) is 4.98 Å². The van der Waals surface area contributed by atoms with E-state index in [1.54, 1.807) is 36.7 Å². The van der Waals surface area contributed by atoms with Gasteiger partial charge in [-0.2, -0.15) is 0 Å². The van der Waals surface area contributed by atoms with Gasteiger partial charge in [0.15, 0.2) is 0 Å². The fourth-order valence-electron chi connectivity index (χ4n) is 1.16. The van der Waals surface area contributed by atoms with Crippen molar-refractivity contribution in [3.05, 3.63) is 48.8 Å². The fraction of sp³-hybridized carbons (Fsp3) is 0. The van der Waals surface area contributed by atoms with Crippen molar-refractivity contribution in [2.24, 2.45) is 0 Å². The molecule has 0 aliphatic rings. The molecule has 2 rings (SSSR count). The Morgan fingerprint density at radius 1 is 1.00 bits per heavy atom. The normalized spacial score (nSPS) is 12.1. The number of hydrogen-bond donors (Lipinski definition) is 0. The molecule has 0 radical (unpaired) electrons. The van der Waals surface area contributed by atoms with Crippen LogP contribution < -0.4 is 4.74 Å². The quantitative estimate of drug-likeness (QED) is 0.763. The average Bonchev–Trinajstić information content (AvgIpc) is 2.31. The minimum Gasteiger partial charge on any atom is -0.768 e. The van der Waals surface area contributed by atoms with Gasteiger partial charge in [0.2, 0.25) is 0 Å². The molecule has 1 unspecified atom stereocenters. The van der Waals surface area contributed by atoms with E-state index in [4.69, 9.17) is 4.74 Å². The number of aromatic nitrogens is 1. The van der Waals surface area contributed by atoms with Gasteiger partial charge in [0.05, 0.1) is 0 Å². The van der Waals surface area contributed by atoms with Gasteiger partial charge in [-0.25, -0.2) is 0 Å². The third-order valence-corrected chi connectivity index (χ3v) is 2.56. The molecule has 4 nitrogen and oxygen atoms in total. The zero-order chi connectivity index (χ0) is 11.4. The van der Waals surface area contributed by atoms with E-state index in [2.05, 4.69) is 4.98 Å². The monoisotopic (exact) mass is 234 g/mol. The molecule has 0 fully saturated rings. The topological polar surface area (TPSA) is 62.2 Å². The maximum atomic E-state index is 10.6. The van der Waals surface area contributed by atoms with Crippen LogP contribution in [0.2, 0.25) is 0 Å². The lowest BCUT2D eigenvalue weighted by Gasteiger charge is -2.07. The third kappa shape index (κ3) is 2.65. The van der Waals surface area contributed by atoms with E-state index in [9.17, 15) is 8.76 Å². The van der Waals surface area contributed by atoms with Crippen LogP contribution in [0, 0.1) is 0 Å². The molecule has 0 saturated heterocycles. The first-order chi connectivity index (χ1) is 7.75. The van der Waals surface area contributed by atoms with E-state index in [0.29, 0.717) is 11.5 Å². The van der Waals surface area contributed by atoms with E-state index in [1.807, 2.05) is 0 Å². The predicted molar refractivity (Wildman–Crippen MR) is 57.9 cm³/mol. The van der Waals surface area contributed by atoms with Crippen molar-refractivity contribution >= 4 is 11.1 Å². The highest BCUT2D eigenvalue weighted by Crippen LogP contribution is 2.21. The summed E-state index contributed by atoms with van der Waals surface area (Å²) < 4.78 is 26.7. The Morgan fingerprint density at radius 2 is 1.56 bits per heavy atom. The van der Waals surface area contributed by atoms with Crippen LogP contribution in [0.1, 0.15) is 0 Å². The molecule has 82 valence electrons. The highest BCUT2D eigenvalue weighted by molar-refractivity contribution is 7.79. The highest BCUT2D eigenvalue weighted by Gasteiger charge is 1.97. The number of benzene rings is 1. The summed E-state index contributed by atoms with van der Waals surface area (Å²) in [6.45, 7) is 0. The first-order valence-corrected chi connectivity index (χ1v) is 5.60. The Balaban J connectivity index is 2.14. The fourth-order valence-corrected chi connectivity index (χ4v) is 1.52. The molecule has 0 aliphatic heterocycles. The molecule has 0 bridgehead atoms. The van der Waals surface area contributed by atoms with Gasteiger partial charge < -0.3 is 9.29 Å². The number of rotatable bonds is 3. The summed E-state index contributed by atoms with van der Waals surface area (Å²) in [6, 6.07) is 9.62. The minimum absolute atomic E-state index is 0.238. The van der Waals surface area contributed by atoms with Crippen LogP contribution in [0.25, 0.3) is 0 Å². The van der Waals surface area contributed by atoms with Gasteiger partial charge in [-0.3, -0.25) is 9.19 Å². The summed E-state index contributed by atoms with van der Waals surface area (Å²) in [4.78, 5) is 4.10. The molecule has 1 atom stereocenters. The summed E-state index contributed by atoms with van der Waals surface area (Å²) >= 11 is -2.20. The van der Waals surface area contributed by atoms with Crippen molar-refractivity contribution in [2.75, 3.05) is 0 Å². The summed E-state index contributed by atoms with van der Waals surface area (Å²) in [5, 5.41) is 0. The standard InChI is InChI=1S/C11H9NO3S/c13-16(14)11-3-1-9(2-4-11)15-10-5-7-12-8-6-10/h1-8H,(H,13,14)/p-1. The number of hydrogen-bond acceptors (Lipinski definition) is 4. The van der Waals surface area contributed by atoms with Crippen LogP contribution in [-0.4, -0.2) is 13.7 Å². The van der Waals surface area contributed by atoms with Crippen LogP contribution in [0.3, 0.4) is 0 Å². The first-order valence-electron chi connectivity index (χ1n) is 4.53. The largest absolute Gasteiger partial charge is 0.768 e. The third-order valence-electron chi connectivity index (χ3n) is 1.90. The lowest BCUT2D eigenvalue weighted by molar-refractivity contribution is 0.481. The van der Waals surface area contributed by atoms with Crippen LogP contribution >= 0.6 is 0 Å². The van der Waals surface area contributed by atoms with Gasteiger partial charge in [0.1, 0.15) is 11.5 Å². The second-order valence-electron chi connectivity index (χ2n) is 2.99. The molecule has 1 heterocycles. The SMILES string of the molecule is O=S([O-])c1ccc(Oc2ccncc2)cc1. The van der Waals surface area contributed by atoms with Gasteiger partial charge in [-0.05, 0) is 47.5 Å². The van der Waals surface area contributed by atoms with E-state index < -0.39 is 11.1 Å². The van der Waals surface area contributed by atoms with Crippen molar-refractivity contribution in [1.29, 1.82) is 0 Å². The highest BCUT2D eigenvalue weighted by atomic mass is 32.2. The zero-order valence-corrected chi connectivity index (χ0v) is 9.02. The van der Waals surface area contributed by atoms with Gasteiger partial charge in [0.25, 0.3) is 0 Å². The van der Waals surface area contributed by atoms with Crippen LogP contribution in [0.15, 0.2) is 53.7 Å². The van der Waals surface area contributed by atoms with E-state index in [-0.39, 0.29) is 4.90 Å². The minimum atomic E-state index is -2.20. The maximum absolute atomic E-state index is 10.6. The molecule has 5 heteroatoms. The number of pyridine rings is 1. The Hall–Kier alpha value is -1.72. The van der Waals surface area contributed by atoms with Crippen LogP contribution in [0.4, 0.5) is 0 Å². The molecule has 0 spiro atoms. The van der Waals surface area contributed by atoms with Gasteiger partial charge in [-0.1, -0.05) is 0 Å². The Bertz CT molecular complexity index is 484. The summed E-state index contributed by atoms with van der Waals surface area (Å²) in [5.74, 6) is 1.24. The second kappa shape index (κ2) is 4.87. The number of ether oxygens (including phenoxy) is 1. The Morgan fingerprint density at radius 3 is 2.12 bits per heavy atom. The van der Waals surface area contributed by atoms with Crippen LogP contribution in [0.5, 0.6) is 11.5 Å². The molecule has 0 aliphatic carbocycles. The molecule has 0 amide bonds. The number of nitrogens with zero attached hydrogens (tertiary/aromatic N) is 1. The van der Waals surface area contributed by atoms with Crippen molar-refractivity contribution in [2.45, 2.75) is 4.90 Å². The van der Waals surface area contributed by atoms with E-state index >= 15 is 0 Å².